The Labute approximate surface area is 123 Å². The molecule has 0 fully saturated rings. The van der Waals surface area contributed by atoms with Crippen LogP contribution in [0.15, 0.2) is 64.6 Å². The minimum absolute atomic E-state index is 0.0169. The maximum atomic E-state index is 5.65. The fourth-order valence-electron chi connectivity index (χ4n) is 1.64. The molecule has 108 valence electrons. The van der Waals surface area contributed by atoms with Crippen LogP contribution in [0, 0.1) is 0 Å². The van der Waals surface area contributed by atoms with Crippen molar-refractivity contribution < 1.29 is 4.74 Å². The Morgan fingerprint density at radius 2 is 1.57 bits per heavy atom. The smallest absolute Gasteiger partial charge is 0.223 e. The van der Waals surface area contributed by atoms with Gasteiger partial charge in [-0.25, -0.2) is 4.99 Å². The lowest BCUT2D eigenvalue weighted by Crippen LogP contribution is -2.26. The molecule has 0 heterocycles. The average molecular weight is 283 g/mol. The second-order valence-corrected chi connectivity index (χ2v) is 4.27. The third kappa shape index (κ3) is 4.87. The zero-order chi connectivity index (χ0) is 15.1. The van der Waals surface area contributed by atoms with Crippen molar-refractivity contribution in [3.05, 3.63) is 60.2 Å². The summed E-state index contributed by atoms with van der Waals surface area (Å²) in [6.07, 6.45) is 0. The Bertz CT molecular complexity index is 631. The molecule has 0 aliphatic carbocycles. The molecule has 0 bridgehead atoms. The van der Waals surface area contributed by atoms with Gasteiger partial charge in [0.25, 0.3) is 0 Å². The van der Waals surface area contributed by atoms with E-state index in [-0.39, 0.29) is 11.9 Å². The normalized spacial score (nSPS) is 11.0. The highest BCUT2D eigenvalue weighted by Gasteiger charge is 1.97. The quantitative estimate of drug-likeness (QED) is 0.582. The first-order chi connectivity index (χ1) is 10.1. The van der Waals surface area contributed by atoms with Crippen molar-refractivity contribution in [2.24, 2.45) is 27.2 Å². The molecule has 21 heavy (non-hydrogen) atoms. The minimum atomic E-state index is -0.121. The molecule has 0 atom stereocenters. The first kappa shape index (κ1) is 14.4. The molecule has 6 heteroatoms. The summed E-state index contributed by atoms with van der Waals surface area (Å²) in [7, 11) is 0. The number of aliphatic imine (C=N–C) groups is 2. The summed E-state index contributed by atoms with van der Waals surface area (Å²) in [4.78, 5) is 7.71. The van der Waals surface area contributed by atoms with Gasteiger partial charge in [-0.05, 0) is 29.8 Å². The number of nitrogens with zero attached hydrogens (tertiary/aromatic N) is 2. The molecule has 2 aromatic carbocycles. The molecule has 0 aliphatic rings. The van der Waals surface area contributed by atoms with Crippen molar-refractivity contribution in [3.63, 3.8) is 0 Å². The van der Waals surface area contributed by atoms with Crippen LogP contribution in [0.5, 0.6) is 5.75 Å². The number of rotatable bonds is 4. The van der Waals surface area contributed by atoms with Gasteiger partial charge in [-0.2, -0.15) is 4.99 Å². The number of benzene rings is 2. The number of hydrogen-bond acceptors (Lipinski definition) is 2. The molecule has 2 rings (SSSR count). The van der Waals surface area contributed by atoms with Crippen molar-refractivity contribution in [3.8, 4) is 5.75 Å². The molecule has 6 nitrogen and oxygen atoms in total. The van der Waals surface area contributed by atoms with Crippen molar-refractivity contribution in [2.45, 2.75) is 6.61 Å². The van der Waals surface area contributed by atoms with Crippen molar-refractivity contribution >= 4 is 17.6 Å². The molecule has 0 aromatic heterocycles. The zero-order valence-electron chi connectivity index (χ0n) is 11.4. The largest absolute Gasteiger partial charge is 0.489 e. The van der Waals surface area contributed by atoms with Crippen LogP contribution in [0.25, 0.3) is 0 Å². The van der Waals surface area contributed by atoms with Gasteiger partial charge in [-0.15, -0.1) is 0 Å². The van der Waals surface area contributed by atoms with Crippen LogP contribution in [-0.2, 0) is 6.61 Å². The molecular formula is C15H17N5O. The Morgan fingerprint density at radius 3 is 2.19 bits per heavy atom. The lowest BCUT2D eigenvalue weighted by molar-refractivity contribution is 0.306. The van der Waals surface area contributed by atoms with Crippen molar-refractivity contribution in [2.75, 3.05) is 0 Å². The van der Waals surface area contributed by atoms with Gasteiger partial charge >= 0.3 is 0 Å². The van der Waals surface area contributed by atoms with Gasteiger partial charge in [0, 0.05) is 0 Å². The molecular weight excluding hydrogens is 266 g/mol. The number of guanidine groups is 2. The summed E-state index contributed by atoms with van der Waals surface area (Å²) >= 11 is 0. The van der Waals surface area contributed by atoms with E-state index in [1.54, 1.807) is 0 Å². The van der Waals surface area contributed by atoms with E-state index in [4.69, 9.17) is 21.9 Å². The van der Waals surface area contributed by atoms with E-state index in [2.05, 4.69) is 9.98 Å². The van der Waals surface area contributed by atoms with Gasteiger partial charge in [0.2, 0.25) is 5.96 Å². The van der Waals surface area contributed by atoms with Gasteiger partial charge in [0.15, 0.2) is 5.96 Å². The maximum Gasteiger partial charge on any atom is 0.223 e. The van der Waals surface area contributed by atoms with Crippen LogP contribution in [0.1, 0.15) is 5.56 Å². The van der Waals surface area contributed by atoms with Crippen LogP contribution in [0.4, 0.5) is 5.69 Å². The fourth-order valence-corrected chi connectivity index (χ4v) is 1.64. The number of hydrogen-bond donors (Lipinski definition) is 3. The van der Waals surface area contributed by atoms with Gasteiger partial charge in [-0.3, -0.25) is 0 Å². The van der Waals surface area contributed by atoms with E-state index >= 15 is 0 Å². The summed E-state index contributed by atoms with van der Waals surface area (Å²) in [5, 5.41) is 0. The SMILES string of the molecule is NC(N)=NC(N)=Nc1ccc(COc2ccccc2)cc1. The predicted molar refractivity (Wildman–Crippen MR) is 84.3 cm³/mol. The molecule has 6 N–H and O–H groups in total. The molecule has 0 saturated carbocycles. The average Bonchev–Trinajstić information content (AvgIpc) is 2.47. The highest BCUT2D eigenvalue weighted by Crippen LogP contribution is 2.15. The highest BCUT2D eigenvalue weighted by molar-refractivity contribution is 5.93. The predicted octanol–water partition coefficient (Wildman–Crippen LogP) is 1.49. The van der Waals surface area contributed by atoms with Crippen molar-refractivity contribution in [1.82, 2.24) is 0 Å². The molecule has 0 radical (unpaired) electrons. The standard InChI is InChI=1S/C15H17N5O/c16-14(17)20-15(18)19-12-8-6-11(7-9-12)10-21-13-4-2-1-3-5-13/h1-9H,10H2,(H6,16,17,18,19,20). The number of para-hydroxylation sites is 1. The van der Waals surface area contributed by atoms with Crippen LogP contribution >= 0.6 is 0 Å². The Balaban J connectivity index is 1.98. The monoisotopic (exact) mass is 283 g/mol. The first-order valence-electron chi connectivity index (χ1n) is 6.34. The Kier molecular flexibility index (Phi) is 4.76. The van der Waals surface area contributed by atoms with E-state index < -0.39 is 0 Å². The second-order valence-electron chi connectivity index (χ2n) is 4.27. The van der Waals surface area contributed by atoms with E-state index in [0.29, 0.717) is 12.3 Å². The molecule has 2 aromatic rings. The lowest BCUT2D eigenvalue weighted by Gasteiger charge is -2.06. The van der Waals surface area contributed by atoms with Crippen molar-refractivity contribution in [1.29, 1.82) is 0 Å². The number of ether oxygens (including phenoxy) is 1. The number of nitrogens with two attached hydrogens (primary N) is 3. The van der Waals surface area contributed by atoms with Crippen LogP contribution in [0.3, 0.4) is 0 Å². The summed E-state index contributed by atoms with van der Waals surface area (Å²) in [5.41, 5.74) is 17.7. The molecule has 0 saturated heterocycles. The first-order valence-corrected chi connectivity index (χ1v) is 6.34. The maximum absolute atomic E-state index is 5.65. The van der Waals surface area contributed by atoms with E-state index in [0.717, 1.165) is 11.3 Å². The summed E-state index contributed by atoms with van der Waals surface area (Å²) in [6.45, 7) is 0.484. The summed E-state index contributed by atoms with van der Waals surface area (Å²) in [6, 6.07) is 17.1. The molecule has 0 aliphatic heterocycles. The topological polar surface area (TPSA) is 112 Å². The summed E-state index contributed by atoms with van der Waals surface area (Å²) in [5.74, 6) is 0.726. The Hall–Kier alpha value is -3.02. The zero-order valence-corrected chi connectivity index (χ0v) is 11.4. The molecule has 0 amide bonds. The van der Waals surface area contributed by atoms with Gasteiger partial charge in [0.1, 0.15) is 12.4 Å². The van der Waals surface area contributed by atoms with E-state index in [9.17, 15) is 0 Å². The van der Waals surface area contributed by atoms with Gasteiger partial charge < -0.3 is 21.9 Å². The van der Waals surface area contributed by atoms with Gasteiger partial charge in [0.05, 0.1) is 5.69 Å². The second kappa shape index (κ2) is 6.95. The van der Waals surface area contributed by atoms with E-state index in [1.165, 1.54) is 0 Å². The lowest BCUT2D eigenvalue weighted by atomic mass is 10.2. The molecule has 0 unspecified atom stereocenters. The summed E-state index contributed by atoms with van der Waals surface area (Å²) < 4.78 is 5.65. The third-order valence-corrected chi connectivity index (χ3v) is 2.57. The van der Waals surface area contributed by atoms with Gasteiger partial charge in [-0.1, -0.05) is 30.3 Å². The van der Waals surface area contributed by atoms with Crippen LogP contribution in [0.2, 0.25) is 0 Å². The molecule has 0 spiro atoms. The fraction of sp³-hybridized carbons (Fsp3) is 0.0667. The Morgan fingerprint density at radius 1 is 0.905 bits per heavy atom. The third-order valence-electron chi connectivity index (χ3n) is 2.57. The minimum Gasteiger partial charge on any atom is -0.489 e. The highest BCUT2D eigenvalue weighted by atomic mass is 16.5. The van der Waals surface area contributed by atoms with Crippen LogP contribution < -0.4 is 21.9 Å². The van der Waals surface area contributed by atoms with E-state index in [1.807, 2.05) is 54.6 Å². The van der Waals surface area contributed by atoms with Crippen LogP contribution in [-0.4, -0.2) is 11.9 Å².